The molecule has 2 aromatic rings. The molecule has 0 N–H and O–H groups in total. The molecule has 0 bridgehead atoms. The highest BCUT2D eigenvalue weighted by atomic mass is 32.2. The molecule has 174 valence electrons. The van der Waals surface area contributed by atoms with E-state index in [1.54, 1.807) is 39.3 Å². The van der Waals surface area contributed by atoms with Crippen molar-refractivity contribution in [2.45, 2.75) is 31.2 Å². The van der Waals surface area contributed by atoms with Gasteiger partial charge in [0.25, 0.3) is 5.91 Å². The summed E-state index contributed by atoms with van der Waals surface area (Å²) in [5.41, 5.74) is 1.80. The molecule has 3 rings (SSSR count). The molecule has 32 heavy (non-hydrogen) atoms. The van der Waals surface area contributed by atoms with Crippen LogP contribution in [0.5, 0.6) is 17.2 Å². The van der Waals surface area contributed by atoms with E-state index in [1.165, 1.54) is 29.5 Å². The summed E-state index contributed by atoms with van der Waals surface area (Å²) in [5, 5.41) is 0. The maximum absolute atomic E-state index is 13.3. The van der Waals surface area contributed by atoms with Gasteiger partial charge >= 0.3 is 0 Å². The van der Waals surface area contributed by atoms with E-state index < -0.39 is 10.0 Å². The normalized spacial score (nSPS) is 14.3. The molecule has 1 aliphatic rings. The molecule has 8 nitrogen and oxygen atoms in total. The summed E-state index contributed by atoms with van der Waals surface area (Å²) in [6, 6.07) is 8.29. The average molecular weight is 463 g/mol. The van der Waals surface area contributed by atoms with E-state index in [0.717, 1.165) is 18.4 Å². The molecule has 0 spiro atoms. The number of nitrogens with zero attached hydrogens (tertiary/aromatic N) is 2. The minimum absolute atomic E-state index is 0.144. The fourth-order valence-corrected chi connectivity index (χ4v) is 5.43. The number of benzene rings is 2. The molecule has 0 radical (unpaired) electrons. The number of carbonyl (C=O) groups excluding carboxylic acids is 1. The second-order valence-corrected chi connectivity index (χ2v) is 9.68. The van der Waals surface area contributed by atoms with Crippen LogP contribution in [0.2, 0.25) is 0 Å². The monoisotopic (exact) mass is 462 g/mol. The minimum atomic E-state index is -3.61. The lowest BCUT2D eigenvalue weighted by Crippen LogP contribution is -2.29. The molecule has 0 atom stereocenters. The topological polar surface area (TPSA) is 85.4 Å². The molecule has 1 aliphatic heterocycles. The zero-order valence-corrected chi connectivity index (χ0v) is 20.0. The summed E-state index contributed by atoms with van der Waals surface area (Å²) in [6.45, 7) is 3.06. The van der Waals surface area contributed by atoms with E-state index in [0.29, 0.717) is 41.5 Å². The fraction of sp³-hybridized carbons (Fsp3) is 0.435. The first-order chi connectivity index (χ1) is 15.2. The van der Waals surface area contributed by atoms with Gasteiger partial charge in [0.2, 0.25) is 15.8 Å². The van der Waals surface area contributed by atoms with Crippen molar-refractivity contribution in [3.8, 4) is 17.2 Å². The Labute approximate surface area is 189 Å². The van der Waals surface area contributed by atoms with Gasteiger partial charge < -0.3 is 19.1 Å². The van der Waals surface area contributed by atoms with Crippen LogP contribution in [-0.4, -0.2) is 65.0 Å². The molecule has 1 heterocycles. The van der Waals surface area contributed by atoms with Gasteiger partial charge in [-0.25, -0.2) is 8.42 Å². The van der Waals surface area contributed by atoms with Crippen molar-refractivity contribution in [2.24, 2.45) is 0 Å². The van der Waals surface area contributed by atoms with Gasteiger partial charge in [-0.15, -0.1) is 0 Å². The number of rotatable bonds is 8. The van der Waals surface area contributed by atoms with Crippen LogP contribution in [-0.2, 0) is 16.6 Å². The molecular formula is C23H30N2O6S. The van der Waals surface area contributed by atoms with Crippen molar-refractivity contribution in [1.29, 1.82) is 0 Å². The summed E-state index contributed by atoms with van der Waals surface area (Å²) >= 11 is 0. The number of hydrogen-bond acceptors (Lipinski definition) is 6. The van der Waals surface area contributed by atoms with E-state index in [9.17, 15) is 13.2 Å². The number of amides is 1. The van der Waals surface area contributed by atoms with Crippen LogP contribution >= 0.6 is 0 Å². The number of hydrogen-bond donors (Lipinski definition) is 0. The van der Waals surface area contributed by atoms with Crippen molar-refractivity contribution in [1.82, 2.24) is 9.21 Å². The van der Waals surface area contributed by atoms with Crippen molar-refractivity contribution < 1.29 is 27.4 Å². The molecule has 1 fully saturated rings. The molecule has 0 saturated carbocycles. The first-order valence-corrected chi connectivity index (χ1v) is 11.8. The molecule has 2 aromatic carbocycles. The van der Waals surface area contributed by atoms with Crippen molar-refractivity contribution in [3.63, 3.8) is 0 Å². The third kappa shape index (κ3) is 4.54. The van der Waals surface area contributed by atoms with Crippen LogP contribution in [0.3, 0.4) is 0 Å². The number of methoxy groups -OCH3 is 3. The van der Waals surface area contributed by atoms with Gasteiger partial charge in [-0.1, -0.05) is 6.07 Å². The van der Waals surface area contributed by atoms with Crippen LogP contribution < -0.4 is 14.2 Å². The first-order valence-electron chi connectivity index (χ1n) is 10.4. The Morgan fingerprint density at radius 1 is 1.00 bits per heavy atom. The third-order valence-corrected chi connectivity index (χ3v) is 7.58. The Morgan fingerprint density at radius 2 is 1.66 bits per heavy atom. The summed E-state index contributed by atoms with van der Waals surface area (Å²) < 4.78 is 43.6. The Morgan fingerprint density at radius 3 is 2.25 bits per heavy atom. The van der Waals surface area contributed by atoms with Gasteiger partial charge in [-0.2, -0.15) is 4.31 Å². The smallest absolute Gasteiger partial charge is 0.254 e. The summed E-state index contributed by atoms with van der Waals surface area (Å²) in [6.07, 6.45) is 1.71. The van der Waals surface area contributed by atoms with Crippen LogP contribution in [0.15, 0.2) is 35.2 Å². The Bertz CT molecular complexity index is 1090. The lowest BCUT2D eigenvalue weighted by molar-refractivity contribution is 0.0783. The maximum Gasteiger partial charge on any atom is 0.254 e. The van der Waals surface area contributed by atoms with E-state index in [2.05, 4.69) is 0 Å². The quantitative estimate of drug-likeness (QED) is 0.599. The zero-order chi connectivity index (χ0) is 23.5. The Hall–Kier alpha value is -2.78. The van der Waals surface area contributed by atoms with Crippen molar-refractivity contribution >= 4 is 15.9 Å². The van der Waals surface area contributed by atoms with Crippen LogP contribution in [0.1, 0.15) is 34.3 Å². The largest absolute Gasteiger partial charge is 0.493 e. The predicted molar refractivity (Wildman–Crippen MR) is 121 cm³/mol. The highest BCUT2D eigenvalue weighted by Crippen LogP contribution is 2.40. The third-order valence-electron chi connectivity index (χ3n) is 5.68. The van der Waals surface area contributed by atoms with Crippen LogP contribution in [0.4, 0.5) is 0 Å². The highest BCUT2D eigenvalue weighted by molar-refractivity contribution is 7.89. The minimum Gasteiger partial charge on any atom is -0.493 e. The predicted octanol–water partition coefficient (Wildman–Crippen LogP) is 3.08. The van der Waals surface area contributed by atoms with Gasteiger partial charge in [0.1, 0.15) is 0 Å². The molecule has 9 heteroatoms. The lowest BCUT2D eigenvalue weighted by atomic mass is 10.1. The first kappa shape index (κ1) is 23.9. The number of carbonyl (C=O) groups is 1. The van der Waals surface area contributed by atoms with E-state index in [-0.39, 0.29) is 17.3 Å². The van der Waals surface area contributed by atoms with Crippen LogP contribution in [0.25, 0.3) is 0 Å². The molecule has 1 saturated heterocycles. The number of sulfonamides is 1. The van der Waals surface area contributed by atoms with Gasteiger partial charge in [0, 0.05) is 37.8 Å². The number of aryl methyl sites for hydroxylation is 1. The zero-order valence-electron chi connectivity index (χ0n) is 19.2. The second-order valence-electron chi connectivity index (χ2n) is 7.74. The fourth-order valence-electron chi connectivity index (χ4n) is 3.89. The number of ether oxygens (including phenoxy) is 3. The van der Waals surface area contributed by atoms with E-state index in [1.807, 2.05) is 6.07 Å². The van der Waals surface area contributed by atoms with Gasteiger partial charge in [0.05, 0.1) is 26.2 Å². The molecule has 0 unspecified atom stereocenters. The highest BCUT2D eigenvalue weighted by Gasteiger charge is 2.28. The summed E-state index contributed by atoms with van der Waals surface area (Å²) in [7, 11) is 2.64. The van der Waals surface area contributed by atoms with Crippen LogP contribution in [0, 0.1) is 6.92 Å². The molecule has 0 aromatic heterocycles. The maximum atomic E-state index is 13.3. The molecular weight excluding hydrogens is 432 g/mol. The SMILES string of the molecule is COc1ccc(CN(C)C(=O)c2cc(S(=O)(=O)N3CCCC3)ccc2C)c(OC)c1OC. The van der Waals surface area contributed by atoms with Gasteiger partial charge in [-0.3, -0.25) is 4.79 Å². The summed E-state index contributed by atoms with van der Waals surface area (Å²) in [5.74, 6) is 1.17. The van der Waals surface area contributed by atoms with E-state index in [4.69, 9.17) is 14.2 Å². The lowest BCUT2D eigenvalue weighted by Gasteiger charge is -2.22. The van der Waals surface area contributed by atoms with E-state index >= 15 is 0 Å². The Balaban J connectivity index is 1.90. The van der Waals surface area contributed by atoms with Gasteiger partial charge in [0.15, 0.2) is 11.5 Å². The average Bonchev–Trinajstić information content (AvgIpc) is 3.34. The summed E-state index contributed by atoms with van der Waals surface area (Å²) in [4.78, 5) is 14.9. The Kier molecular flexibility index (Phi) is 7.30. The van der Waals surface area contributed by atoms with Crippen molar-refractivity contribution in [2.75, 3.05) is 41.5 Å². The van der Waals surface area contributed by atoms with Gasteiger partial charge in [-0.05, 0) is 49.6 Å². The molecule has 0 aliphatic carbocycles. The standard InChI is InChI=1S/C23H30N2O6S/c1-16-8-10-18(32(27,28)25-12-6-7-13-25)14-19(16)23(26)24(2)15-17-9-11-20(29-3)22(31-5)21(17)30-4/h8-11,14H,6-7,12-13,15H2,1-5H3. The van der Waals surface area contributed by atoms with Crippen molar-refractivity contribution in [3.05, 3.63) is 47.0 Å². The molecule has 1 amide bonds. The second kappa shape index (κ2) is 9.79.